The van der Waals surface area contributed by atoms with Crippen LogP contribution in [0.25, 0.3) is 0 Å². The van der Waals surface area contributed by atoms with Crippen molar-refractivity contribution in [3.8, 4) is 0 Å². The van der Waals surface area contributed by atoms with Crippen molar-refractivity contribution in [3.63, 3.8) is 0 Å². The summed E-state index contributed by atoms with van der Waals surface area (Å²) < 4.78 is 10.2. The van der Waals surface area contributed by atoms with Crippen molar-refractivity contribution in [3.05, 3.63) is 0 Å². The smallest absolute Gasteiger partial charge is 0.323 e. The highest BCUT2D eigenvalue weighted by Crippen LogP contribution is 2.23. The molecule has 1 heterocycles. The SMILES string of the molecule is CCOC(=O)C(CSC1COC1)NC1CC1. The molecule has 16 heavy (non-hydrogen) atoms. The second kappa shape index (κ2) is 5.89. The molecule has 92 valence electrons. The van der Waals surface area contributed by atoms with Gasteiger partial charge in [-0.2, -0.15) is 11.8 Å². The zero-order valence-electron chi connectivity index (χ0n) is 9.61. The van der Waals surface area contributed by atoms with Gasteiger partial charge in [0, 0.05) is 11.8 Å². The van der Waals surface area contributed by atoms with Crippen LogP contribution in [-0.2, 0) is 14.3 Å². The Bertz CT molecular complexity index is 241. The number of carbonyl (C=O) groups excluding carboxylic acids is 1. The van der Waals surface area contributed by atoms with Gasteiger partial charge >= 0.3 is 5.97 Å². The lowest BCUT2D eigenvalue weighted by Crippen LogP contribution is -2.43. The van der Waals surface area contributed by atoms with E-state index in [2.05, 4.69) is 5.32 Å². The monoisotopic (exact) mass is 245 g/mol. The minimum absolute atomic E-state index is 0.109. The lowest BCUT2D eigenvalue weighted by Gasteiger charge is -2.27. The van der Waals surface area contributed by atoms with Crippen molar-refractivity contribution < 1.29 is 14.3 Å². The van der Waals surface area contributed by atoms with Crippen molar-refractivity contribution in [2.45, 2.75) is 37.1 Å². The Morgan fingerprint density at radius 2 is 2.31 bits per heavy atom. The van der Waals surface area contributed by atoms with Gasteiger partial charge in [0.15, 0.2) is 0 Å². The average molecular weight is 245 g/mol. The summed E-state index contributed by atoms with van der Waals surface area (Å²) in [5, 5.41) is 3.91. The Hall–Kier alpha value is -0.260. The fourth-order valence-corrected chi connectivity index (χ4v) is 2.59. The molecule has 0 aromatic heterocycles. The third-order valence-electron chi connectivity index (χ3n) is 2.69. The van der Waals surface area contributed by atoms with E-state index in [9.17, 15) is 4.79 Å². The van der Waals surface area contributed by atoms with E-state index in [1.807, 2.05) is 6.92 Å². The van der Waals surface area contributed by atoms with E-state index in [0.717, 1.165) is 19.0 Å². The number of thioether (sulfide) groups is 1. The zero-order valence-corrected chi connectivity index (χ0v) is 10.4. The predicted molar refractivity (Wildman–Crippen MR) is 63.6 cm³/mol. The summed E-state index contributed by atoms with van der Waals surface area (Å²) in [6.45, 7) is 3.95. The first kappa shape index (κ1) is 12.2. The molecule has 4 nitrogen and oxygen atoms in total. The second-order valence-electron chi connectivity index (χ2n) is 4.24. The number of carbonyl (C=O) groups is 1. The van der Waals surface area contributed by atoms with E-state index >= 15 is 0 Å². The van der Waals surface area contributed by atoms with Gasteiger partial charge in [-0.1, -0.05) is 0 Å². The van der Waals surface area contributed by atoms with Crippen molar-refractivity contribution in [1.29, 1.82) is 0 Å². The van der Waals surface area contributed by atoms with Crippen molar-refractivity contribution in [1.82, 2.24) is 5.32 Å². The molecule has 0 radical (unpaired) electrons. The highest BCUT2D eigenvalue weighted by molar-refractivity contribution is 8.00. The molecule has 0 bridgehead atoms. The van der Waals surface area contributed by atoms with Crippen LogP contribution in [0, 0.1) is 0 Å². The normalized spacial score (nSPS) is 22.6. The molecule has 0 aromatic carbocycles. The topological polar surface area (TPSA) is 47.6 Å². The van der Waals surface area contributed by atoms with Crippen LogP contribution >= 0.6 is 11.8 Å². The molecule has 2 fully saturated rings. The summed E-state index contributed by atoms with van der Waals surface area (Å²) >= 11 is 1.81. The van der Waals surface area contributed by atoms with Crippen LogP contribution in [0.2, 0.25) is 0 Å². The van der Waals surface area contributed by atoms with Gasteiger partial charge in [-0.25, -0.2) is 0 Å². The van der Waals surface area contributed by atoms with E-state index in [-0.39, 0.29) is 12.0 Å². The van der Waals surface area contributed by atoms with E-state index in [1.54, 1.807) is 11.8 Å². The molecule has 1 aliphatic carbocycles. The summed E-state index contributed by atoms with van der Waals surface area (Å²) in [5.74, 6) is 0.686. The maximum Gasteiger partial charge on any atom is 0.323 e. The number of hydrogen-bond acceptors (Lipinski definition) is 5. The minimum atomic E-state index is -0.141. The van der Waals surface area contributed by atoms with Crippen LogP contribution in [0.4, 0.5) is 0 Å². The Morgan fingerprint density at radius 3 is 2.81 bits per heavy atom. The zero-order chi connectivity index (χ0) is 11.4. The highest BCUT2D eigenvalue weighted by atomic mass is 32.2. The van der Waals surface area contributed by atoms with Gasteiger partial charge in [0.1, 0.15) is 6.04 Å². The van der Waals surface area contributed by atoms with Crippen molar-refractivity contribution in [2.24, 2.45) is 0 Å². The lowest BCUT2D eigenvalue weighted by atomic mass is 10.3. The Labute approximate surface area is 100 Å². The van der Waals surface area contributed by atoms with Gasteiger partial charge in [0.25, 0.3) is 0 Å². The highest BCUT2D eigenvalue weighted by Gasteiger charge is 2.30. The second-order valence-corrected chi connectivity index (χ2v) is 5.57. The summed E-state index contributed by atoms with van der Waals surface area (Å²) in [6, 6.07) is 0.394. The van der Waals surface area contributed by atoms with Crippen LogP contribution in [-0.4, -0.2) is 48.9 Å². The molecule has 1 N–H and O–H groups in total. The molecule has 0 spiro atoms. The maximum atomic E-state index is 11.7. The van der Waals surface area contributed by atoms with Gasteiger partial charge < -0.3 is 14.8 Å². The van der Waals surface area contributed by atoms with Gasteiger partial charge in [0.2, 0.25) is 0 Å². The quantitative estimate of drug-likeness (QED) is 0.672. The van der Waals surface area contributed by atoms with E-state index < -0.39 is 0 Å². The first-order chi connectivity index (χ1) is 7.79. The Kier molecular flexibility index (Phi) is 4.49. The minimum Gasteiger partial charge on any atom is -0.465 e. The molecule has 0 aromatic rings. The largest absolute Gasteiger partial charge is 0.465 e. The number of esters is 1. The maximum absolute atomic E-state index is 11.7. The van der Waals surface area contributed by atoms with Crippen molar-refractivity contribution >= 4 is 17.7 Å². The van der Waals surface area contributed by atoms with E-state index in [0.29, 0.717) is 17.9 Å². The Morgan fingerprint density at radius 1 is 1.56 bits per heavy atom. The fraction of sp³-hybridized carbons (Fsp3) is 0.909. The van der Waals surface area contributed by atoms with Crippen LogP contribution < -0.4 is 5.32 Å². The van der Waals surface area contributed by atoms with E-state index in [1.165, 1.54) is 12.8 Å². The van der Waals surface area contributed by atoms with Crippen LogP contribution in [0.15, 0.2) is 0 Å². The summed E-state index contributed by atoms with van der Waals surface area (Å²) in [5.41, 5.74) is 0. The third kappa shape index (κ3) is 3.64. The van der Waals surface area contributed by atoms with Crippen LogP contribution in [0.3, 0.4) is 0 Å². The first-order valence-corrected chi connectivity index (χ1v) is 6.96. The molecular weight excluding hydrogens is 226 g/mol. The Balaban J connectivity index is 1.72. The number of nitrogens with one attached hydrogen (secondary N) is 1. The van der Waals surface area contributed by atoms with Crippen LogP contribution in [0.1, 0.15) is 19.8 Å². The molecule has 0 amide bonds. The van der Waals surface area contributed by atoms with Gasteiger partial charge in [-0.3, -0.25) is 4.79 Å². The van der Waals surface area contributed by atoms with Crippen LogP contribution in [0.5, 0.6) is 0 Å². The fourth-order valence-electron chi connectivity index (χ4n) is 1.50. The van der Waals surface area contributed by atoms with Gasteiger partial charge in [-0.05, 0) is 19.8 Å². The van der Waals surface area contributed by atoms with Gasteiger partial charge in [0.05, 0.1) is 25.1 Å². The third-order valence-corrected chi connectivity index (χ3v) is 3.96. The molecule has 1 atom stereocenters. The van der Waals surface area contributed by atoms with Crippen molar-refractivity contribution in [2.75, 3.05) is 25.6 Å². The molecule has 1 aliphatic heterocycles. The summed E-state index contributed by atoms with van der Waals surface area (Å²) in [4.78, 5) is 11.7. The standard InChI is InChI=1S/C11H19NO3S/c1-2-15-11(13)10(12-8-3-4-8)7-16-9-5-14-6-9/h8-10,12H,2-7H2,1H3. The molecule has 1 unspecified atom stereocenters. The number of ether oxygens (including phenoxy) is 2. The lowest BCUT2D eigenvalue weighted by molar-refractivity contribution is -0.145. The van der Waals surface area contributed by atoms with E-state index in [4.69, 9.17) is 9.47 Å². The molecule has 1 saturated carbocycles. The number of rotatable bonds is 7. The molecule has 1 saturated heterocycles. The van der Waals surface area contributed by atoms with Gasteiger partial charge in [-0.15, -0.1) is 0 Å². The summed E-state index contributed by atoms with van der Waals surface area (Å²) in [7, 11) is 0. The predicted octanol–water partition coefficient (Wildman–Crippen LogP) is 0.802. The molecule has 5 heteroatoms. The molecule has 2 aliphatic rings. The summed E-state index contributed by atoms with van der Waals surface area (Å²) in [6.07, 6.45) is 2.38. The molecular formula is C11H19NO3S. The first-order valence-electron chi connectivity index (χ1n) is 5.91. The number of hydrogen-bond donors (Lipinski definition) is 1. The average Bonchev–Trinajstić information content (AvgIpc) is 2.98. The molecule has 2 rings (SSSR count).